The summed E-state index contributed by atoms with van der Waals surface area (Å²) < 4.78 is 7.56. The first-order chi connectivity index (χ1) is 9.16. The molecule has 0 spiro atoms. The van der Waals surface area contributed by atoms with Crippen LogP contribution in [0.25, 0.3) is 0 Å². The molecular weight excluding hydrogens is 357 g/mol. The van der Waals surface area contributed by atoms with E-state index in [1.54, 1.807) is 6.08 Å². The topological polar surface area (TPSA) is 36.0 Å². The summed E-state index contributed by atoms with van der Waals surface area (Å²) in [4.78, 5) is 16.3. The molecule has 19 heavy (non-hydrogen) atoms. The molecule has 0 aromatic carbocycles. The zero-order valence-electron chi connectivity index (χ0n) is 11.4. The van der Waals surface area contributed by atoms with E-state index in [0.717, 1.165) is 52.5 Å². The van der Waals surface area contributed by atoms with E-state index in [1.165, 1.54) is 0 Å². The van der Waals surface area contributed by atoms with Gasteiger partial charge in [-0.3, -0.25) is 9.69 Å². The third-order valence-electron chi connectivity index (χ3n) is 3.59. The molecule has 2 saturated heterocycles. The van der Waals surface area contributed by atoms with E-state index in [2.05, 4.69) is 37.8 Å². The highest BCUT2D eigenvalue weighted by Gasteiger charge is 2.23. The number of hydrogen-bond acceptors (Lipinski definition) is 4. The summed E-state index contributed by atoms with van der Waals surface area (Å²) in [6, 6.07) is 0.436. The predicted molar refractivity (Wildman–Crippen MR) is 83.2 cm³/mol. The quantitative estimate of drug-likeness (QED) is 0.412. The van der Waals surface area contributed by atoms with Gasteiger partial charge in [-0.25, -0.2) is 3.11 Å². The largest absolute Gasteiger partial charge is 0.379 e. The van der Waals surface area contributed by atoms with Gasteiger partial charge in [0.05, 0.1) is 13.2 Å². The number of hydrogen-bond donors (Lipinski definition) is 0. The molecule has 1 atom stereocenters. The monoisotopic (exact) mass is 379 g/mol. The van der Waals surface area contributed by atoms with Crippen molar-refractivity contribution in [3.8, 4) is 0 Å². The van der Waals surface area contributed by atoms with Gasteiger partial charge in [0.15, 0.2) is 0 Å². The number of ether oxygens (including phenoxy) is 1. The number of carbonyl (C=O) groups is 1. The lowest BCUT2D eigenvalue weighted by atomic mass is 10.2. The van der Waals surface area contributed by atoms with Crippen molar-refractivity contribution in [1.29, 1.82) is 0 Å². The van der Waals surface area contributed by atoms with Crippen LogP contribution in [0.1, 0.15) is 6.92 Å². The lowest BCUT2D eigenvalue weighted by molar-refractivity contribution is -0.127. The van der Waals surface area contributed by atoms with Crippen molar-refractivity contribution in [2.75, 3.05) is 52.5 Å². The summed E-state index contributed by atoms with van der Waals surface area (Å²) in [6.45, 7) is 9.13. The molecule has 2 aliphatic rings. The molecule has 0 saturated carbocycles. The Morgan fingerprint density at radius 3 is 2.74 bits per heavy atom. The fraction of sp³-hybridized carbons (Fsp3) is 0.769. The minimum absolute atomic E-state index is 0.143. The second kappa shape index (κ2) is 7.56. The van der Waals surface area contributed by atoms with Gasteiger partial charge in [0, 0.05) is 74.3 Å². The highest BCUT2D eigenvalue weighted by Crippen LogP contribution is 2.13. The lowest BCUT2D eigenvalue weighted by Crippen LogP contribution is -2.49. The summed E-state index contributed by atoms with van der Waals surface area (Å²) in [6.07, 6.45) is 3.71. The van der Waals surface area contributed by atoms with Crippen molar-refractivity contribution in [2.45, 2.75) is 13.0 Å². The first-order valence-electron chi connectivity index (χ1n) is 6.85. The maximum Gasteiger partial charge on any atom is 0.246 e. The van der Waals surface area contributed by atoms with Crippen LogP contribution < -0.4 is 0 Å². The van der Waals surface area contributed by atoms with Crippen LogP contribution in [-0.4, -0.2) is 77.3 Å². The van der Waals surface area contributed by atoms with E-state index >= 15 is 0 Å². The predicted octanol–water partition coefficient (Wildman–Crippen LogP) is 0.757. The lowest BCUT2D eigenvalue weighted by Gasteiger charge is -2.35. The minimum Gasteiger partial charge on any atom is -0.379 e. The molecule has 0 aromatic heterocycles. The zero-order valence-corrected chi connectivity index (χ0v) is 13.6. The van der Waals surface area contributed by atoms with Crippen LogP contribution >= 0.6 is 22.9 Å². The molecule has 0 radical (unpaired) electrons. The molecule has 2 heterocycles. The van der Waals surface area contributed by atoms with Crippen LogP contribution in [0.2, 0.25) is 0 Å². The fourth-order valence-corrected chi connectivity index (χ4v) is 2.72. The van der Waals surface area contributed by atoms with Gasteiger partial charge in [-0.1, -0.05) is 6.08 Å². The molecule has 2 aliphatic heterocycles. The highest BCUT2D eigenvalue weighted by atomic mass is 127. The van der Waals surface area contributed by atoms with E-state index in [1.807, 2.05) is 11.0 Å². The zero-order chi connectivity index (χ0) is 13.7. The number of halogens is 1. The van der Waals surface area contributed by atoms with Gasteiger partial charge in [0.25, 0.3) is 0 Å². The van der Waals surface area contributed by atoms with Gasteiger partial charge >= 0.3 is 0 Å². The smallest absolute Gasteiger partial charge is 0.246 e. The van der Waals surface area contributed by atoms with Crippen molar-refractivity contribution in [3.63, 3.8) is 0 Å². The molecule has 0 aliphatic carbocycles. The average Bonchev–Trinajstić information content (AvgIpc) is 2.43. The Kier molecular flexibility index (Phi) is 6.06. The van der Waals surface area contributed by atoms with Gasteiger partial charge in [0.1, 0.15) is 0 Å². The highest BCUT2D eigenvalue weighted by molar-refractivity contribution is 14.1. The maximum absolute atomic E-state index is 12.1. The molecule has 2 fully saturated rings. The Bertz CT molecular complexity index is 332. The molecule has 0 aromatic rings. The van der Waals surface area contributed by atoms with Crippen LogP contribution in [-0.2, 0) is 9.53 Å². The van der Waals surface area contributed by atoms with E-state index in [0.29, 0.717) is 6.04 Å². The molecule has 5 nitrogen and oxygen atoms in total. The van der Waals surface area contributed by atoms with Gasteiger partial charge in [0.2, 0.25) is 5.91 Å². The fourth-order valence-electron chi connectivity index (χ4n) is 2.33. The Hall–Kier alpha value is -0.180. The third-order valence-corrected chi connectivity index (χ3v) is 5.02. The van der Waals surface area contributed by atoms with Crippen molar-refractivity contribution in [1.82, 2.24) is 12.9 Å². The van der Waals surface area contributed by atoms with E-state index in [-0.39, 0.29) is 5.91 Å². The van der Waals surface area contributed by atoms with Crippen molar-refractivity contribution < 1.29 is 9.53 Å². The second-order valence-corrected chi connectivity index (χ2v) is 6.31. The molecule has 6 heteroatoms. The van der Waals surface area contributed by atoms with E-state index in [4.69, 9.17) is 4.74 Å². The van der Waals surface area contributed by atoms with Crippen LogP contribution in [0.4, 0.5) is 0 Å². The summed E-state index contributed by atoms with van der Waals surface area (Å²) in [5, 5.41) is 0. The van der Waals surface area contributed by atoms with Gasteiger partial charge in [-0.2, -0.15) is 0 Å². The standard InChI is InChI=1S/C13H22IN3O2/c1-12-11-16(5-6-17(12)14)13(18)3-2-4-15-7-9-19-10-8-15/h2-3,12H,4-11H2,1H3/b3-2+. The Labute approximate surface area is 129 Å². The van der Waals surface area contributed by atoms with Crippen molar-refractivity contribution in [2.24, 2.45) is 0 Å². The van der Waals surface area contributed by atoms with Crippen LogP contribution in [0.5, 0.6) is 0 Å². The molecule has 108 valence electrons. The van der Waals surface area contributed by atoms with Crippen LogP contribution in [0.3, 0.4) is 0 Å². The number of amides is 1. The molecular formula is C13H22IN3O2. The average molecular weight is 379 g/mol. The van der Waals surface area contributed by atoms with Gasteiger partial charge in [-0.05, 0) is 6.92 Å². The number of carbonyl (C=O) groups excluding carboxylic acids is 1. The number of rotatable bonds is 3. The SMILES string of the molecule is CC1CN(C(=O)/C=C/CN2CCOCC2)CCN1I. The summed E-state index contributed by atoms with van der Waals surface area (Å²) in [5.74, 6) is 0.143. The first kappa shape index (κ1) is 15.2. The van der Waals surface area contributed by atoms with Crippen molar-refractivity contribution >= 4 is 28.8 Å². The number of piperazine rings is 1. The molecule has 2 rings (SSSR count). The summed E-state index contributed by atoms with van der Waals surface area (Å²) in [5.41, 5.74) is 0. The molecule has 1 unspecified atom stereocenters. The number of nitrogens with zero attached hydrogens (tertiary/aromatic N) is 3. The number of morpholine rings is 1. The first-order valence-corrected chi connectivity index (χ1v) is 7.81. The van der Waals surface area contributed by atoms with Crippen LogP contribution in [0.15, 0.2) is 12.2 Å². The minimum atomic E-state index is 0.143. The Morgan fingerprint density at radius 2 is 2.05 bits per heavy atom. The summed E-state index contributed by atoms with van der Waals surface area (Å²) >= 11 is 2.33. The molecule has 0 N–H and O–H groups in total. The third kappa shape index (κ3) is 4.70. The van der Waals surface area contributed by atoms with Gasteiger partial charge in [-0.15, -0.1) is 0 Å². The Morgan fingerprint density at radius 1 is 1.32 bits per heavy atom. The normalized spacial score (nSPS) is 27.1. The molecule has 0 bridgehead atoms. The van der Waals surface area contributed by atoms with E-state index < -0.39 is 0 Å². The maximum atomic E-state index is 12.1. The molecule has 1 amide bonds. The van der Waals surface area contributed by atoms with E-state index in [9.17, 15) is 4.79 Å². The van der Waals surface area contributed by atoms with Gasteiger partial charge < -0.3 is 9.64 Å². The van der Waals surface area contributed by atoms with Crippen molar-refractivity contribution in [3.05, 3.63) is 12.2 Å². The summed E-state index contributed by atoms with van der Waals surface area (Å²) in [7, 11) is 0. The Balaban J connectivity index is 1.73. The van der Waals surface area contributed by atoms with Crippen LogP contribution in [0, 0.1) is 0 Å². The second-order valence-electron chi connectivity index (χ2n) is 5.07.